The molecule has 0 unspecified atom stereocenters. The van der Waals surface area contributed by atoms with Crippen molar-refractivity contribution in [2.45, 2.75) is 26.8 Å². The van der Waals surface area contributed by atoms with Crippen LogP contribution >= 0.6 is 0 Å². The molecule has 0 saturated heterocycles. The van der Waals surface area contributed by atoms with Gasteiger partial charge in [-0.1, -0.05) is 13.8 Å². The summed E-state index contributed by atoms with van der Waals surface area (Å²) in [4.78, 5) is 20.3. The largest absolute Gasteiger partial charge is 0.497 e. The van der Waals surface area contributed by atoms with E-state index in [4.69, 9.17) is 4.74 Å². The van der Waals surface area contributed by atoms with E-state index in [2.05, 4.69) is 28.9 Å². The molecule has 7 nitrogen and oxygen atoms in total. The van der Waals surface area contributed by atoms with Crippen molar-refractivity contribution in [1.82, 2.24) is 24.3 Å². The van der Waals surface area contributed by atoms with Crippen LogP contribution in [0.15, 0.2) is 47.5 Å². The van der Waals surface area contributed by atoms with E-state index < -0.39 is 0 Å². The van der Waals surface area contributed by atoms with E-state index in [9.17, 15) is 4.79 Å². The highest BCUT2D eigenvalue weighted by atomic mass is 16.5. The Hall–Kier alpha value is -2.96. The summed E-state index contributed by atoms with van der Waals surface area (Å²) in [6.07, 6.45) is 3.96. The molecule has 2 heterocycles. The molecule has 0 saturated carbocycles. The molecule has 0 aliphatic heterocycles. The number of hydrogen-bond donors (Lipinski definition) is 0. The molecule has 0 fully saturated rings. The van der Waals surface area contributed by atoms with E-state index in [1.165, 1.54) is 10.8 Å². The second kappa shape index (κ2) is 7.29. The average molecular weight is 339 g/mol. The van der Waals surface area contributed by atoms with Gasteiger partial charge in [0, 0.05) is 18.8 Å². The Labute approximate surface area is 145 Å². The molecule has 25 heavy (non-hydrogen) atoms. The summed E-state index contributed by atoms with van der Waals surface area (Å²) in [6, 6.07) is 9.31. The minimum atomic E-state index is -0.308. The zero-order valence-corrected chi connectivity index (χ0v) is 14.6. The molecule has 0 aliphatic carbocycles. The van der Waals surface area contributed by atoms with Crippen molar-refractivity contribution in [3.63, 3.8) is 0 Å². The molecule has 1 aromatic carbocycles. The van der Waals surface area contributed by atoms with Gasteiger partial charge in [-0.15, -0.1) is 0 Å². The van der Waals surface area contributed by atoms with Crippen LogP contribution < -0.4 is 10.4 Å². The summed E-state index contributed by atoms with van der Waals surface area (Å²) < 4.78 is 8.50. The van der Waals surface area contributed by atoms with Crippen molar-refractivity contribution in [1.29, 1.82) is 0 Å². The van der Waals surface area contributed by atoms with E-state index in [0.29, 0.717) is 18.3 Å². The highest BCUT2D eigenvalue weighted by molar-refractivity contribution is 5.37. The lowest BCUT2D eigenvalue weighted by Crippen LogP contribution is -2.23. The lowest BCUT2D eigenvalue weighted by Gasteiger charge is -2.08. The molecule has 0 atom stereocenters. The van der Waals surface area contributed by atoms with Crippen LogP contribution in [0.4, 0.5) is 0 Å². The Bertz CT molecular complexity index is 896. The Morgan fingerprint density at radius 2 is 1.96 bits per heavy atom. The Kier molecular flexibility index (Phi) is 4.92. The van der Waals surface area contributed by atoms with E-state index in [1.54, 1.807) is 24.1 Å². The Balaban J connectivity index is 2.01. The Morgan fingerprint density at radius 1 is 1.20 bits per heavy atom. The molecular formula is C18H21N5O2. The highest BCUT2D eigenvalue weighted by Gasteiger charge is 2.14. The van der Waals surface area contributed by atoms with Gasteiger partial charge < -0.3 is 4.74 Å². The minimum Gasteiger partial charge on any atom is -0.497 e. The molecular weight excluding hydrogens is 318 g/mol. The van der Waals surface area contributed by atoms with Gasteiger partial charge in [-0.3, -0.25) is 4.57 Å². The molecule has 130 valence electrons. The number of methoxy groups -OCH3 is 1. The normalized spacial score (nSPS) is 11.0. The van der Waals surface area contributed by atoms with E-state index >= 15 is 0 Å². The van der Waals surface area contributed by atoms with E-state index in [1.807, 2.05) is 24.3 Å². The monoisotopic (exact) mass is 339 g/mol. The van der Waals surface area contributed by atoms with Crippen molar-refractivity contribution in [2.75, 3.05) is 7.11 Å². The number of ether oxygens (including phenoxy) is 1. The van der Waals surface area contributed by atoms with Crippen LogP contribution in [-0.2, 0) is 13.0 Å². The van der Waals surface area contributed by atoms with Crippen molar-refractivity contribution < 1.29 is 4.74 Å². The predicted octanol–water partition coefficient (Wildman–Crippen LogP) is 2.08. The SMILES string of the molecule is COc1ccc(-n2nc(CC(C)C)nc2Cn2cccnc2=O)cc1. The molecule has 0 radical (unpaired) electrons. The molecule has 2 aromatic heterocycles. The van der Waals surface area contributed by atoms with Crippen molar-refractivity contribution >= 4 is 0 Å². The highest BCUT2D eigenvalue weighted by Crippen LogP contribution is 2.17. The molecule has 0 amide bonds. The van der Waals surface area contributed by atoms with Crippen molar-refractivity contribution in [2.24, 2.45) is 5.92 Å². The lowest BCUT2D eigenvalue weighted by atomic mass is 10.1. The number of rotatable bonds is 6. The fourth-order valence-electron chi connectivity index (χ4n) is 2.54. The minimum absolute atomic E-state index is 0.308. The van der Waals surface area contributed by atoms with Gasteiger partial charge in [0.15, 0.2) is 11.6 Å². The first-order valence-corrected chi connectivity index (χ1v) is 8.17. The standard InChI is InChI=1S/C18H21N5O2/c1-13(2)11-16-20-17(12-22-10-4-9-19-18(22)24)23(21-16)14-5-7-15(25-3)8-6-14/h4-10,13H,11-12H2,1-3H3. The van der Waals surface area contributed by atoms with Crippen LogP contribution in [0.25, 0.3) is 5.69 Å². The van der Waals surface area contributed by atoms with Crippen LogP contribution in [0.3, 0.4) is 0 Å². The fraction of sp³-hybridized carbons (Fsp3) is 0.333. The summed E-state index contributed by atoms with van der Waals surface area (Å²) in [5.41, 5.74) is 0.562. The summed E-state index contributed by atoms with van der Waals surface area (Å²) in [6.45, 7) is 4.56. The van der Waals surface area contributed by atoms with Gasteiger partial charge in [0.1, 0.15) is 5.75 Å². The number of nitrogens with zero attached hydrogens (tertiary/aromatic N) is 5. The van der Waals surface area contributed by atoms with Gasteiger partial charge in [-0.2, -0.15) is 5.10 Å². The van der Waals surface area contributed by atoms with Crippen LogP contribution in [0.1, 0.15) is 25.5 Å². The molecule has 3 rings (SSSR count). The third kappa shape index (κ3) is 3.93. The molecule has 0 bridgehead atoms. The number of aromatic nitrogens is 5. The number of hydrogen-bond acceptors (Lipinski definition) is 5. The molecule has 7 heteroatoms. The van der Waals surface area contributed by atoms with Gasteiger partial charge in [0.2, 0.25) is 0 Å². The summed E-state index contributed by atoms with van der Waals surface area (Å²) in [7, 11) is 1.63. The first-order chi connectivity index (χ1) is 12.1. The van der Waals surface area contributed by atoms with Crippen LogP contribution in [0, 0.1) is 5.92 Å². The third-order valence-electron chi connectivity index (χ3n) is 3.72. The first-order valence-electron chi connectivity index (χ1n) is 8.17. The van der Waals surface area contributed by atoms with Gasteiger partial charge in [-0.05, 0) is 36.2 Å². The average Bonchev–Trinajstić information content (AvgIpc) is 2.98. The second-order valence-electron chi connectivity index (χ2n) is 6.18. The van der Waals surface area contributed by atoms with Gasteiger partial charge in [-0.25, -0.2) is 19.4 Å². The zero-order chi connectivity index (χ0) is 17.8. The van der Waals surface area contributed by atoms with Gasteiger partial charge in [0.05, 0.1) is 19.3 Å². The summed E-state index contributed by atoms with van der Waals surface area (Å²) in [5.74, 6) is 2.67. The van der Waals surface area contributed by atoms with Crippen molar-refractivity contribution in [3.8, 4) is 11.4 Å². The second-order valence-corrected chi connectivity index (χ2v) is 6.18. The fourth-order valence-corrected chi connectivity index (χ4v) is 2.54. The quantitative estimate of drug-likeness (QED) is 0.687. The van der Waals surface area contributed by atoms with Crippen LogP contribution in [0.5, 0.6) is 5.75 Å². The maximum absolute atomic E-state index is 11.9. The summed E-state index contributed by atoms with van der Waals surface area (Å²) in [5, 5.41) is 4.63. The van der Waals surface area contributed by atoms with Gasteiger partial charge >= 0.3 is 5.69 Å². The topological polar surface area (TPSA) is 74.8 Å². The molecule has 0 spiro atoms. The van der Waals surface area contributed by atoms with Crippen LogP contribution in [-0.4, -0.2) is 31.4 Å². The predicted molar refractivity (Wildman–Crippen MR) is 94.1 cm³/mol. The molecule has 0 N–H and O–H groups in total. The van der Waals surface area contributed by atoms with E-state index in [-0.39, 0.29) is 5.69 Å². The van der Waals surface area contributed by atoms with E-state index in [0.717, 1.165) is 23.7 Å². The first kappa shape index (κ1) is 16.9. The molecule has 0 aliphatic rings. The van der Waals surface area contributed by atoms with Crippen LogP contribution in [0.2, 0.25) is 0 Å². The maximum Gasteiger partial charge on any atom is 0.347 e. The lowest BCUT2D eigenvalue weighted by molar-refractivity contribution is 0.414. The van der Waals surface area contributed by atoms with Gasteiger partial charge in [0.25, 0.3) is 0 Å². The third-order valence-corrected chi connectivity index (χ3v) is 3.72. The van der Waals surface area contributed by atoms with Crippen molar-refractivity contribution in [3.05, 3.63) is 64.9 Å². The number of benzene rings is 1. The Morgan fingerprint density at radius 3 is 2.60 bits per heavy atom. The molecule has 3 aromatic rings. The maximum atomic E-state index is 11.9. The summed E-state index contributed by atoms with van der Waals surface area (Å²) >= 11 is 0. The zero-order valence-electron chi connectivity index (χ0n) is 14.6. The smallest absolute Gasteiger partial charge is 0.347 e.